The molecule has 0 saturated heterocycles. The molecule has 2 aromatic heterocycles. The number of hydrogen-bond donors (Lipinski definition) is 1. The van der Waals surface area contributed by atoms with E-state index in [2.05, 4.69) is 19.9 Å². The number of hydrogen-bond acceptors (Lipinski definition) is 6. The fourth-order valence-corrected chi connectivity index (χ4v) is 2.51. The second-order valence-electron chi connectivity index (χ2n) is 5.23. The van der Waals surface area contributed by atoms with E-state index in [1.807, 2.05) is 37.1 Å². The molecule has 120 valence electrons. The Kier molecular flexibility index (Phi) is 4.01. The maximum absolute atomic E-state index is 5.46. The van der Waals surface area contributed by atoms with Crippen molar-refractivity contribution in [3.8, 4) is 11.5 Å². The summed E-state index contributed by atoms with van der Waals surface area (Å²) in [5.41, 5.74) is 2.53. The summed E-state index contributed by atoms with van der Waals surface area (Å²) in [5.74, 6) is 3.04. The van der Waals surface area contributed by atoms with Crippen molar-refractivity contribution < 1.29 is 9.47 Å². The van der Waals surface area contributed by atoms with Gasteiger partial charge < -0.3 is 19.4 Å². The third kappa shape index (κ3) is 2.90. The highest BCUT2D eigenvalue weighted by Gasteiger charge is 2.14. The Bertz CT molecular complexity index is 830. The molecule has 2 heterocycles. The molecule has 0 aliphatic rings. The van der Waals surface area contributed by atoms with Crippen molar-refractivity contribution >= 4 is 17.0 Å². The van der Waals surface area contributed by atoms with Crippen LogP contribution in [0.1, 0.15) is 11.4 Å². The molecule has 3 rings (SSSR count). The van der Waals surface area contributed by atoms with E-state index >= 15 is 0 Å². The van der Waals surface area contributed by atoms with Crippen LogP contribution in [0.5, 0.6) is 11.5 Å². The van der Waals surface area contributed by atoms with Crippen molar-refractivity contribution in [2.24, 2.45) is 0 Å². The van der Waals surface area contributed by atoms with Gasteiger partial charge in [0.1, 0.15) is 22.8 Å². The highest BCUT2D eigenvalue weighted by atomic mass is 16.5. The number of H-pyrrole nitrogens is 1. The molecule has 1 aromatic carbocycles. The molecule has 0 radical (unpaired) electrons. The van der Waals surface area contributed by atoms with Crippen molar-refractivity contribution in [2.75, 3.05) is 26.2 Å². The van der Waals surface area contributed by atoms with Crippen LogP contribution in [0.3, 0.4) is 0 Å². The molecule has 3 aromatic rings. The summed E-state index contributed by atoms with van der Waals surface area (Å²) < 4.78 is 10.7. The van der Waals surface area contributed by atoms with Gasteiger partial charge in [-0.15, -0.1) is 0 Å². The zero-order valence-corrected chi connectivity index (χ0v) is 13.6. The quantitative estimate of drug-likeness (QED) is 0.779. The van der Waals surface area contributed by atoms with Gasteiger partial charge in [0.05, 0.1) is 20.5 Å². The van der Waals surface area contributed by atoms with E-state index in [9.17, 15) is 0 Å². The predicted octanol–water partition coefficient (Wildman–Crippen LogP) is 2.31. The molecule has 0 amide bonds. The monoisotopic (exact) mass is 313 g/mol. The Balaban J connectivity index is 1.94. The highest BCUT2D eigenvalue weighted by molar-refractivity contribution is 5.82. The molecule has 0 saturated carbocycles. The largest absolute Gasteiger partial charge is 0.497 e. The first-order valence-electron chi connectivity index (χ1n) is 7.22. The summed E-state index contributed by atoms with van der Waals surface area (Å²) in [6, 6.07) is 5.79. The van der Waals surface area contributed by atoms with E-state index in [1.54, 1.807) is 20.5 Å². The zero-order valence-electron chi connectivity index (χ0n) is 13.6. The molecule has 1 N–H and O–H groups in total. The van der Waals surface area contributed by atoms with Gasteiger partial charge >= 0.3 is 0 Å². The van der Waals surface area contributed by atoms with Gasteiger partial charge in [-0.3, -0.25) is 0 Å². The molecule has 7 nitrogen and oxygen atoms in total. The molecule has 0 aliphatic carbocycles. The Morgan fingerprint density at radius 3 is 2.74 bits per heavy atom. The molecule has 0 atom stereocenters. The second kappa shape index (κ2) is 6.12. The Hall–Kier alpha value is -2.83. The molecule has 0 bridgehead atoms. The van der Waals surface area contributed by atoms with Gasteiger partial charge in [-0.25, -0.2) is 15.0 Å². The Morgan fingerprint density at radius 2 is 2.00 bits per heavy atom. The van der Waals surface area contributed by atoms with Gasteiger partial charge in [-0.05, 0) is 19.1 Å². The van der Waals surface area contributed by atoms with Crippen LogP contribution in [0.25, 0.3) is 11.2 Å². The number of ether oxygens (including phenoxy) is 2. The maximum atomic E-state index is 5.46. The lowest BCUT2D eigenvalue weighted by Gasteiger charge is -2.20. The number of rotatable bonds is 5. The number of aromatic nitrogens is 4. The van der Waals surface area contributed by atoms with Gasteiger partial charge in [-0.1, -0.05) is 0 Å². The van der Waals surface area contributed by atoms with E-state index in [1.165, 1.54) is 0 Å². The number of methoxy groups -OCH3 is 2. The van der Waals surface area contributed by atoms with Gasteiger partial charge in [0, 0.05) is 25.2 Å². The van der Waals surface area contributed by atoms with Gasteiger partial charge in [-0.2, -0.15) is 0 Å². The SMILES string of the molecule is COc1ccc(CN(C)c2nc(C)nc3nc[nH]c23)c(OC)c1. The van der Waals surface area contributed by atoms with Crippen molar-refractivity contribution in [1.82, 2.24) is 19.9 Å². The van der Waals surface area contributed by atoms with E-state index in [4.69, 9.17) is 9.47 Å². The Labute approximate surface area is 134 Å². The molecule has 23 heavy (non-hydrogen) atoms. The Morgan fingerprint density at radius 1 is 1.17 bits per heavy atom. The normalized spacial score (nSPS) is 10.8. The smallest absolute Gasteiger partial charge is 0.183 e. The maximum Gasteiger partial charge on any atom is 0.183 e. The topological polar surface area (TPSA) is 76.2 Å². The minimum atomic E-state index is 0.637. The number of nitrogens with one attached hydrogen (secondary N) is 1. The van der Waals surface area contributed by atoms with E-state index in [-0.39, 0.29) is 0 Å². The van der Waals surface area contributed by atoms with Gasteiger partial charge in [0.25, 0.3) is 0 Å². The van der Waals surface area contributed by atoms with Crippen LogP contribution < -0.4 is 14.4 Å². The van der Waals surface area contributed by atoms with Crippen LogP contribution in [0.2, 0.25) is 0 Å². The number of nitrogens with zero attached hydrogens (tertiary/aromatic N) is 4. The summed E-state index contributed by atoms with van der Waals surface area (Å²) in [5, 5.41) is 0. The van der Waals surface area contributed by atoms with Crippen LogP contribution in [0.15, 0.2) is 24.5 Å². The van der Waals surface area contributed by atoms with Crippen LogP contribution in [0.4, 0.5) is 5.82 Å². The fraction of sp³-hybridized carbons (Fsp3) is 0.312. The first kappa shape index (κ1) is 15.1. The average Bonchev–Trinajstić information content (AvgIpc) is 3.02. The number of imidazole rings is 1. The summed E-state index contributed by atoms with van der Waals surface area (Å²) in [6.45, 7) is 2.50. The van der Waals surface area contributed by atoms with Gasteiger partial charge in [0.15, 0.2) is 11.5 Å². The second-order valence-corrected chi connectivity index (χ2v) is 5.23. The summed E-state index contributed by atoms with van der Waals surface area (Å²) in [6.07, 6.45) is 1.63. The van der Waals surface area contributed by atoms with E-state index < -0.39 is 0 Å². The number of anilines is 1. The molecular weight excluding hydrogens is 294 g/mol. The summed E-state index contributed by atoms with van der Waals surface area (Å²) >= 11 is 0. The molecule has 0 spiro atoms. The third-order valence-corrected chi connectivity index (χ3v) is 3.64. The first-order chi connectivity index (χ1) is 11.1. The van der Waals surface area contributed by atoms with E-state index in [0.717, 1.165) is 28.4 Å². The lowest BCUT2D eigenvalue weighted by Crippen LogP contribution is -2.19. The minimum absolute atomic E-state index is 0.637. The highest BCUT2D eigenvalue weighted by Crippen LogP contribution is 2.28. The fourth-order valence-electron chi connectivity index (χ4n) is 2.51. The molecule has 7 heteroatoms. The predicted molar refractivity (Wildman–Crippen MR) is 88.1 cm³/mol. The van der Waals surface area contributed by atoms with Crippen molar-refractivity contribution in [3.63, 3.8) is 0 Å². The lowest BCUT2D eigenvalue weighted by atomic mass is 10.1. The molecule has 0 unspecified atom stereocenters. The molecular formula is C16H19N5O2. The standard InChI is InChI=1S/C16H19N5O2/c1-10-19-15-14(17-9-18-15)16(20-10)21(2)8-11-5-6-12(22-3)7-13(11)23-4/h5-7,9H,8H2,1-4H3,(H,17,18,19,20). The summed E-state index contributed by atoms with van der Waals surface area (Å²) in [7, 11) is 5.27. The zero-order chi connectivity index (χ0) is 16.4. The number of fused-ring (bicyclic) bond motifs is 1. The molecule has 0 aliphatic heterocycles. The average molecular weight is 313 g/mol. The lowest BCUT2D eigenvalue weighted by molar-refractivity contribution is 0.391. The first-order valence-corrected chi connectivity index (χ1v) is 7.22. The van der Waals surface area contributed by atoms with E-state index in [0.29, 0.717) is 18.0 Å². The van der Waals surface area contributed by atoms with Crippen LogP contribution in [0, 0.1) is 6.92 Å². The molecule has 0 fully saturated rings. The van der Waals surface area contributed by atoms with Gasteiger partial charge in [0.2, 0.25) is 0 Å². The van der Waals surface area contributed by atoms with Crippen molar-refractivity contribution in [2.45, 2.75) is 13.5 Å². The summed E-state index contributed by atoms with van der Waals surface area (Å²) in [4.78, 5) is 18.2. The van der Waals surface area contributed by atoms with Crippen molar-refractivity contribution in [1.29, 1.82) is 0 Å². The minimum Gasteiger partial charge on any atom is -0.497 e. The number of aromatic amines is 1. The van der Waals surface area contributed by atoms with Crippen LogP contribution >= 0.6 is 0 Å². The number of benzene rings is 1. The number of aryl methyl sites for hydroxylation is 1. The van der Waals surface area contributed by atoms with Crippen LogP contribution in [-0.4, -0.2) is 41.2 Å². The van der Waals surface area contributed by atoms with Crippen LogP contribution in [-0.2, 0) is 6.54 Å². The van der Waals surface area contributed by atoms with Crippen molar-refractivity contribution in [3.05, 3.63) is 35.9 Å². The third-order valence-electron chi connectivity index (χ3n) is 3.64.